The van der Waals surface area contributed by atoms with E-state index in [0.717, 1.165) is 22.4 Å². The lowest BCUT2D eigenvalue weighted by Gasteiger charge is -2.09. The first kappa shape index (κ1) is 12.5. The molecule has 0 fully saturated rings. The average molecular weight is 292 g/mol. The van der Waals surface area contributed by atoms with Gasteiger partial charge in [0, 0.05) is 16.2 Å². The monoisotopic (exact) mass is 291 g/mol. The third kappa shape index (κ3) is 2.31. The topological polar surface area (TPSA) is 30.7 Å². The van der Waals surface area contributed by atoms with Gasteiger partial charge < -0.3 is 4.57 Å². The minimum Gasteiger partial charge on any atom is -0.324 e. The smallest absolute Gasteiger partial charge is 0.107 e. The lowest BCUT2D eigenvalue weighted by Crippen LogP contribution is -2.02. The molecule has 0 radical (unpaired) electrons. The highest BCUT2D eigenvalue weighted by Gasteiger charge is 2.09. The fourth-order valence-corrected chi connectivity index (χ4v) is 2.51. The third-order valence-corrected chi connectivity index (χ3v) is 3.68. The summed E-state index contributed by atoms with van der Waals surface area (Å²) in [5, 5.41) is 1.39. The summed E-state index contributed by atoms with van der Waals surface area (Å²) in [5.41, 5.74) is 2.91. The van der Waals surface area contributed by atoms with Crippen molar-refractivity contribution in [3.05, 3.63) is 58.1 Å². The van der Waals surface area contributed by atoms with Crippen LogP contribution < -0.4 is 0 Å². The second-order valence-corrected chi connectivity index (χ2v) is 5.19. The molecule has 0 unspecified atom stereocenters. The molecular formula is C14H11Cl2N3. The quantitative estimate of drug-likeness (QED) is 0.712. The van der Waals surface area contributed by atoms with Crippen molar-refractivity contribution in [2.45, 2.75) is 13.5 Å². The van der Waals surface area contributed by atoms with E-state index in [1.54, 1.807) is 18.5 Å². The number of hydrogen-bond acceptors (Lipinski definition) is 2. The molecule has 5 heteroatoms. The maximum Gasteiger partial charge on any atom is 0.107 e. The van der Waals surface area contributed by atoms with E-state index in [1.807, 2.05) is 25.1 Å². The van der Waals surface area contributed by atoms with Crippen LogP contribution in [0.2, 0.25) is 10.0 Å². The van der Waals surface area contributed by atoms with Crippen molar-refractivity contribution < 1.29 is 0 Å². The van der Waals surface area contributed by atoms with Crippen LogP contribution in [-0.4, -0.2) is 14.5 Å². The van der Waals surface area contributed by atoms with E-state index < -0.39 is 0 Å². The van der Waals surface area contributed by atoms with Crippen molar-refractivity contribution >= 4 is 34.2 Å². The predicted molar refractivity (Wildman–Crippen MR) is 77.8 cm³/mol. The molecule has 3 aromatic rings. The van der Waals surface area contributed by atoms with E-state index in [2.05, 4.69) is 14.5 Å². The molecule has 1 aromatic carbocycles. The van der Waals surface area contributed by atoms with Gasteiger partial charge >= 0.3 is 0 Å². The summed E-state index contributed by atoms with van der Waals surface area (Å²) < 4.78 is 2.11. The van der Waals surface area contributed by atoms with Gasteiger partial charge in [0.2, 0.25) is 0 Å². The molecule has 0 saturated heterocycles. The van der Waals surface area contributed by atoms with Crippen molar-refractivity contribution in [3.8, 4) is 0 Å². The molecule has 3 nitrogen and oxygen atoms in total. The Balaban J connectivity index is 2.10. The van der Waals surface area contributed by atoms with E-state index in [4.69, 9.17) is 23.2 Å². The van der Waals surface area contributed by atoms with Crippen molar-refractivity contribution in [3.63, 3.8) is 0 Å². The second kappa shape index (κ2) is 4.83. The molecule has 19 heavy (non-hydrogen) atoms. The summed E-state index contributed by atoms with van der Waals surface area (Å²) in [6.07, 6.45) is 3.53. The first-order valence-electron chi connectivity index (χ1n) is 5.86. The summed E-state index contributed by atoms with van der Waals surface area (Å²) in [5.74, 6) is 0.930. The number of benzene rings is 1. The minimum atomic E-state index is 0.645. The van der Waals surface area contributed by atoms with Crippen LogP contribution in [0.4, 0.5) is 0 Å². The Morgan fingerprint density at radius 1 is 1.21 bits per heavy atom. The van der Waals surface area contributed by atoms with Crippen molar-refractivity contribution in [1.82, 2.24) is 14.5 Å². The lowest BCUT2D eigenvalue weighted by atomic mass is 10.2. The van der Waals surface area contributed by atoms with E-state index in [0.29, 0.717) is 16.6 Å². The molecule has 3 rings (SSSR count). The van der Waals surface area contributed by atoms with Gasteiger partial charge in [-0.2, -0.15) is 0 Å². The van der Waals surface area contributed by atoms with E-state index in [1.165, 1.54) is 0 Å². The Hall–Kier alpha value is -1.58. The van der Waals surface area contributed by atoms with Crippen LogP contribution in [-0.2, 0) is 6.54 Å². The Morgan fingerprint density at radius 3 is 2.89 bits per heavy atom. The Labute approximate surface area is 120 Å². The Kier molecular flexibility index (Phi) is 3.17. The number of nitrogens with zero attached hydrogens (tertiary/aromatic N) is 3. The van der Waals surface area contributed by atoms with E-state index in [9.17, 15) is 0 Å². The molecule has 0 saturated carbocycles. The molecule has 0 aliphatic carbocycles. The average Bonchev–Trinajstić information content (AvgIpc) is 2.71. The van der Waals surface area contributed by atoms with E-state index in [-0.39, 0.29) is 0 Å². The molecule has 2 aromatic heterocycles. The molecule has 0 aliphatic heterocycles. The van der Waals surface area contributed by atoms with Gasteiger partial charge in [-0.25, -0.2) is 4.98 Å². The molecule has 0 amide bonds. The Bertz CT molecular complexity index is 750. The van der Waals surface area contributed by atoms with Gasteiger partial charge in [-0.3, -0.25) is 4.98 Å². The standard InChI is InChI=1S/C14H11Cl2N3/c1-9-18-13-7-17-5-4-14(13)19(9)8-10-6-11(15)2-3-12(10)16/h2-7H,8H2,1H3. The largest absolute Gasteiger partial charge is 0.324 e. The molecule has 0 aliphatic rings. The molecule has 0 N–H and O–H groups in total. The van der Waals surface area contributed by atoms with Crippen molar-refractivity contribution in [2.75, 3.05) is 0 Å². The zero-order chi connectivity index (χ0) is 13.4. The fraction of sp³-hybridized carbons (Fsp3) is 0.143. The summed E-state index contributed by atoms with van der Waals surface area (Å²) >= 11 is 12.2. The highest BCUT2D eigenvalue weighted by atomic mass is 35.5. The van der Waals surface area contributed by atoms with Gasteiger partial charge in [0.05, 0.1) is 18.3 Å². The normalized spacial score (nSPS) is 11.1. The van der Waals surface area contributed by atoms with Gasteiger partial charge in [-0.05, 0) is 36.8 Å². The van der Waals surface area contributed by atoms with E-state index >= 15 is 0 Å². The maximum absolute atomic E-state index is 6.21. The van der Waals surface area contributed by atoms with Gasteiger partial charge in [-0.1, -0.05) is 23.2 Å². The van der Waals surface area contributed by atoms with Crippen LogP contribution in [0, 0.1) is 6.92 Å². The number of rotatable bonds is 2. The number of halogens is 2. The zero-order valence-electron chi connectivity index (χ0n) is 10.3. The van der Waals surface area contributed by atoms with Crippen LogP contribution in [0.15, 0.2) is 36.7 Å². The van der Waals surface area contributed by atoms with Crippen molar-refractivity contribution in [1.29, 1.82) is 0 Å². The van der Waals surface area contributed by atoms with Crippen LogP contribution in [0.3, 0.4) is 0 Å². The highest BCUT2D eigenvalue weighted by molar-refractivity contribution is 6.33. The molecule has 0 spiro atoms. The summed E-state index contributed by atoms with van der Waals surface area (Å²) in [7, 11) is 0. The molecular weight excluding hydrogens is 281 g/mol. The van der Waals surface area contributed by atoms with Crippen LogP contribution in [0.1, 0.15) is 11.4 Å². The first-order valence-corrected chi connectivity index (χ1v) is 6.61. The maximum atomic E-state index is 6.21. The number of fused-ring (bicyclic) bond motifs is 1. The number of aromatic nitrogens is 3. The predicted octanol–water partition coefficient (Wildman–Crippen LogP) is 4.09. The molecule has 2 heterocycles. The minimum absolute atomic E-state index is 0.645. The van der Waals surface area contributed by atoms with Gasteiger partial charge in [0.1, 0.15) is 11.3 Å². The van der Waals surface area contributed by atoms with Crippen LogP contribution in [0.25, 0.3) is 11.0 Å². The second-order valence-electron chi connectivity index (χ2n) is 4.35. The lowest BCUT2D eigenvalue weighted by molar-refractivity contribution is 0.786. The fourth-order valence-electron chi connectivity index (χ4n) is 2.14. The molecule has 0 bridgehead atoms. The van der Waals surface area contributed by atoms with Crippen LogP contribution >= 0.6 is 23.2 Å². The Morgan fingerprint density at radius 2 is 2.05 bits per heavy atom. The van der Waals surface area contributed by atoms with Gasteiger partial charge in [-0.15, -0.1) is 0 Å². The SMILES string of the molecule is Cc1nc2cnccc2n1Cc1cc(Cl)ccc1Cl. The summed E-state index contributed by atoms with van der Waals surface area (Å²) in [6, 6.07) is 7.44. The number of hydrogen-bond donors (Lipinski definition) is 0. The van der Waals surface area contributed by atoms with Gasteiger partial charge in [0.15, 0.2) is 0 Å². The number of imidazole rings is 1. The summed E-state index contributed by atoms with van der Waals surface area (Å²) in [4.78, 5) is 8.57. The third-order valence-electron chi connectivity index (χ3n) is 3.08. The van der Waals surface area contributed by atoms with Crippen LogP contribution in [0.5, 0.6) is 0 Å². The zero-order valence-corrected chi connectivity index (χ0v) is 11.8. The summed E-state index contributed by atoms with van der Waals surface area (Å²) in [6.45, 7) is 2.62. The van der Waals surface area contributed by atoms with Crippen molar-refractivity contribution in [2.24, 2.45) is 0 Å². The van der Waals surface area contributed by atoms with Gasteiger partial charge in [0.25, 0.3) is 0 Å². The number of aryl methyl sites for hydroxylation is 1. The first-order chi connectivity index (χ1) is 9.15. The molecule has 0 atom stereocenters. The highest BCUT2D eigenvalue weighted by Crippen LogP contribution is 2.24. The molecule has 96 valence electrons. The number of pyridine rings is 1.